The smallest absolute Gasteiger partial charge is 0.387 e. The Labute approximate surface area is 83.8 Å². The van der Waals surface area contributed by atoms with E-state index in [4.69, 9.17) is 5.11 Å². The molecule has 0 amide bonds. The van der Waals surface area contributed by atoms with Crippen LogP contribution in [-0.2, 0) is 4.79 Å². The van der Waals surface area contributed by atoms with Crippen LogP contribution in [0.2, 0.25) is 0 Å². The monoisotopic (exact) mass is 215 g/mol. The van der Waals surface area contributed by atoms with Gasteiger partial charge in [-0.25, -0.2) is 4.79 Å². The fourth-order valence-corrected chi connectivity index (χ4v) is 0.820. The maximum absolute atomic E-state index is 11.7. The van der Waals surface area contributed by atoms with Gasteiger partial charge in [0, 0.05) is 6.08 Å². The number of aliphatic carboxylic acids is 1. The highest BCUT2D eigenvalue weighted by atomic mass is 19.3. The van der Waals surface area contributed by atoms with Crippen molar-refractivity contribution < 1.29 is 23.4 Å². The topological polar surface area (TPSA) is 59.4 Å². The highest BCUT2D eigenvalue weighted by molar-refractivity contribution is 5.84. The summed E-state index contributed by atoms with van der Waals surface area (Å²) in [5, 5.41) is 8.31. The average Bonchev–Trinajstić information content (AvgIpc) is 2.16. The number of halogens is 2. The molecule has 1 aromatic heterocycles. The summed E-state index contributed by atoms with van der Waals surface area (Å²) in [5.74, 6) is -1.18. The molecule has 0 aliphatic carbocycles. The lowest BCUT2D eigenvalue weighted by Crippen LogP contribution is -2.02. The number of hydrogen-bond acceptors (Lipinski definition) is 3. The molecule has 15 heavy (non-hydrogen) atoms. The zero-order valence-electron chi connectivity index (χ0n) is 7.43. The number of carboxylic acids is 1. The van der Waals surface area contributed by atoms with Crippen LogP contribution in [0.5, 0.6) is 5.75 Å². The van der Waals surface area contributed by atoms with Crippen LogP contribution >= 0.6 is 0 Å². The fraction of sp³-hybridized carbons (Fsp3) is 0.111. The molecule has 0 bridgehead atoms. The minimum absolute atomic E-state index is 0.0718. The van der Waals surface area contributed by atoms with Crippen molar-refractivity contribution in [3.05, 3.63) is 30.1 Å². The highest BCUT2D eigenvalue weighted by Crippen LogP contribution is 2.12. The molecule has 0 saturated heterocycles. The van der Waals surface area contributed by atoms with Crippen LogP contribution in [0.3, 0.4) is 0 Å². The Morgan fingerprint density at radius 1 is 1.53 bits per heavy atom. The van der Waals surface area contributed by atoms with Crippen molar-refractivity contribution in [2.75, 3.05) is 0 Å². The predicted molar refractivity (Wildman–Crippen MR) is 47.5 cm³/mol. The third-order valence-electron chi connectivity index (χ3n) is 1.38. The van der Waals surface area contributed by atoms with Crippen molar-refractivity contribution in [3.63, 3.8) is 0 Å². The predicted octanol–water partition coefficient (Wildman–Crippen LogP) is 1.78. The first-order valence-electron chi connectivity index (χ1n) is 3.90. The Morgan fingerprint density at radius 2 is 2.27 bits per heavy atom. The van der Waals surface area contributed by atoms with E-state index >= 15 is 0 Å². The number of carboxylic acid groups (broad SMARTS) is 1. The normalized spacial score (nSPS) is 10.9. The van der Waals surface area contributed by atoms with Crippen molar-refractivity contribution in [2.45, 2.75) is 6.61 Å². The number of hydrogen-bond donors (Lipinski definition) is 1. The van der Waals surface area contributed by atoms with Crippen molar-refractivity contribution in [1.29, 1.82) is 0 Å². The third-order valence-corrected chi connectivity index (χ3v) is 1.38. The molecule has 4 nitrogen and oxygen atoms in total. The van der Waals surface area contributed by atoms with E-state index in [0.717, 1.165) is 12.3 Å². The van der Waals surface area contributed by atoms with E-state index in [2.05, 4.69) is 9.72 Å². The molecule has 6 heteroatoms. The zero-order valence-corrected chi connectivity index (χ0v) is 7.43. The third kappa shape index (κ3) is 4.17. The summed E-state index contributed by atoms with van der Waals surface area (Å²) >= 11 is 0. The molecular weight excluding hydrogens is 208 g/mol. The van der Waals surface area contributed by atoms with Gasteiger partial charge in [-0.05, 0) is 18.2 Å². The minimum Gasteiger partial charge on any atom is -0.478 e. The average molecular weight is 215 g/mol. The first-order chi connectivity index (χ1) is 7.08. The van der Waals surface area contributed by atoms with E-state index in [1.54, 1.807) is 0 Å². The van der Waals surface area contributed by atoms with Gasteiger partial charge in [0.15, 0.2) is 0 Å². The molecule has 1 aromatic rings. The van der Waals surface area contributed by atoms with Gasteiger partial charge < -0.3 is 9.84 Å². The van der Waals surface area contributed by atoms with Crippen molar-refractivity contribution in [3.8, 4) is 5.75 Å². The molecule has 0 unspecified atom stereocenters. The fourth-order valence-electron chi connectivity index (χ4n) is 0.820. The largest absolute Gasteiger partial charge is 0.478 e. The molecular formula is C9H7F2NO3. The van der Waals surface area contributed by atoms with Gasteiger partial charge in [0.25, 0.3) is 0 Å². The molecule has 1 heterocycles. The summed E-state index contributed by atoms with van der Waals surface area (Å²) in [6.07, 6.45) is 3.23. The number of rotatable bonds is 4. The van der Waals surface area contributed by atoms with Gasteiger partial charge >= 0.3 is 12.6 Å². The van der Waals surface area contributed by atoms with E-state index in [-0.39, 0.29) is 5.75 Å². The van der Waals surface area contributed by atoms with Crippen molar-refractivity contribution >= 4 is 12.0 Å². The Bertz CT molecular complexity index is 362. The van der Waals surface area contributed by atoms with Gasteiger partial charge in [0.2, 0.25) is 0 Å². The van der Waals surface area contributed by atoms with Gasteiger partial charge in [-0.15, -0.1) is 0 Å². The number of ether oxygens (including phenoxy) is 1. The lowest BCUT2D eigenvalue weighted by Gasteiger charge is -2.02. The number of nitrogens with zero attached hydrogens (tertiary/aromatic N) is 1. The summed E-state index contributed by atoms with van der Waals surface area (Å²) in [6, 6.07) is 2.65. The Kier molecular flexibility index (Phi) is 3.73. The molecule has 0 spiro atoms. The minimum atomic E-state index is -2.90. The number of carbonyl (C=O) groups is 1. The highest BCUT2D eigenvalue weighted by Gasteiger charge is 2.03. The number of pyridine rings is 1. The van der Waals surface area contributed by atoms with Crippen LogP contribution in [0.25, 0.3) is 6.08 Å². The first-order valence-corrected chi connectivity index (χ1v) is 3.90. The molecule has 0 aliphatic heterocycles. The van der Waals surface area contributed by atoms with E-state index in [0.29, 0.717) is 5.69 Å². The SMILES string of the molecule is O=C(O)C=Cc1ccc(OC(F)F)cn1. The van der Waals surface area contributed by atoms with E-state index in [1.165, 1.54) is 18.2 Å². The van der Waals surface area contributed by atoms with Gasteiger partial charge in [0.05, 0.1) is 11.9 Å². The maximum atomic E-state index is 11.7. The van der Waals surface area contributed by atoms with Crippen molar-refractivity contribution in [2.24, 2.45) is 0 Å². The van der Waals surface area contributed by atoms with Crippen molar-refractivity contribution in [1.82, 2.24) is 4.98 Å². The lowest BCUT2D eigenvalue weighted by molar-refractivity contribution is -0.131. The standard InChI is InChI=1S/C9H7F2NO3/c10-9(11)15-7-3-1-6(12-5-7)2-4-8(13)14/h1-5,9H,(H,13,14). The maximum Gasteiger partial charge on any atom is 0.387 e. The van der Waals surface area contributed by atoms with E-state index in [1.807, 2.05) is 0 Å². The van der Waals surface area contributed by atoms with Gasteiger partial charge in [0.1, 0.15) is 5.75 Å². The molecule has 0 fully saturated rings. The number of alkyl halides is 2. The van der Waals surface area contributed by atoms with Crippen LogP contribution in [-0.4, -0.2) is 22.7 Å². The Hall–Kier alpha value is -1.98. The molecule has 0 aliphatic rings. The van der Waals surface area contributed by atoms with Gasteiger partial charge in [-0.1, -0.05) is 0 Å². The second-order valence-electron chi connectivity index (χ2n) is 2.47. The molecule has 1 rings (SSSR count). The quantitative estimate of drug-likeness (QED) is 0.777. The molecule has 80 valence electrons. The summed E-state index contributed by atoms with van der Waals surface area (Å²) in [4.78, 5) is 13.8. The van der Waals surface area contributed by atoms with Gasteiger partial charge in [-0.2, -0.15) is 8.78 Å². The Morgan fingerprint density at radius 3 is 2.73 bits per heavy atom. The molecule has 0 atom stereocenters. The lowest BCUT2D eigenvalue weighted by atomic mass is 10.3. The second-order valence-corrected chi connectivity index (χ2v) is 2.47. The van der Waals surface area contributed by atoms with Crippen LogP contribution in [0.15, 0.2) is 24.4 Å². The summed E-state index contributed by atoms with van der Waals surface area (Å²) in [7, 11) is 0. The van der Waals surface area contributed by atoms with Crippen LogP contribution in [0, 0.1) is 0 Å². The molecule has 1 N–H and O–H groups in total. The van der Waals surface area contributed by atoms with Crippen LogP contribution in [0.1, 0.15) is 5.69 Å². The number of aromatic nitrogens is 1. The van der Waals surface area contributed by atoms with E-state index < -0.39 is 12.6 Å². The zero-order chi connectivity index (χ0) is 11.3. The molecule has 0 saturated carbocycles. The van der Waals surface area contributed by atoms with Crippen LogP contribution in [0.4, 0.5) is 8.78 Å². The second kappa shape index (κ2) is 5.04. The summed E-state index contributed by atoms with van der Waals surface area (Å²) < 4.78 is 27.5. The molecule has 0 radical (unpaired) electrons. The van der Waals surface area contributed by atoms with Crippen LogP contribution < -0.4 is 4.74 Å². The summed E-state index contributed by atoms with van der Waals surface area (Å²) in [6.45, 7) is -2.90. The van der Waals surface area contributed by atoms with Gasteiger partial charge in [-0.3, -0.25) is 4.98 Å². The first kappa shape index (κ1) is 11.1. The van der Waals surface area contributed by atoms with E-state index in [9.17, 15) is 13.6 Å². The summed E-state index contributed by atoms with van der Waals surface area (Å²) in [5.41, 5.74) is 0.346. The molecule has 0 aromatic carbocycles. The Balaban J connectivity index is 2.68.